The number of ether oxygens (including phenoxy) is 1. The number of rotatable bonds is 4. The van der Waals surface area contributed by atoms with Gasteiger partial charge in [-0.1, -0.05) is 41.9 Å². The fourth-order valence-electron chi connectivity index (χ4n) is 2.28. The summed E-state index contributed by atoms with van der Waals surface area (Å²) >= 11 is 6.25. The number of carbonyl (C=O) groups is 2. The van der Waals surface area contributed by atoms with Gasteiger partial charge in [-0.15, -0.1) is 0 Å². The fourth-order valence-corrected chi connectivity index (χ4v) is 2.56. The molecular weight excluding hydrogens is 340 g/mol. The Labute approximate surface area is 151 Å². The maximum absolute atomic E-state index is 12.6. The maximum Gasteiger partial charge on any atom is 0.328 e. The van der Waals surface area contributed by atoms with Gasteiger partial charge in [-0.05, 0) is 32.9 Å². The molecule has 0 aromatic heterocycles. The Morgan fingerprint density at radius 1 is 1.12 bits per heavy atom. The molecule has 0 fully saturated rings. The first-order chi connectivity index (χ1) is 11.6. The lowest BCUT2D eigenvalue weighted by atomic mass is 9.98. The zero-order valence-corrected chi connectivity index (χ0v) is 15.1. The summed E-state index contributed by atoms with van der Waals surface area (Å²) in [5.41, 5.74) is 12.6. The van der Waals surface area contributed by atoms with Crippen LogP contribution in [0.2, 0.25) is 5.02 Å². The van der Waals surface area contributed by atoms with Crippen LogP contribution in [0, 0.1) is 0 Å². The first-order valence-corrected chi connectivity index (χ1v) is 8.15. The molecule has 1 unspecified atom stereocenters. The van der Waals surface area contributed by atoms with Crippen molar-refractivity contribution in [2.24, 2.45) is 5.73 Å². The highest BCUT2D eigenvalue weighted by atomic mass is 35.5. The molecule has 0 saturated heterocycles. The molecule has 0 radical (unpaired) electrons. The predicted octanol–water partition coefficient (Wildman–Crippen LogP) is 3.49. The van der Waals surface area contributed by atoms with Crippen molar-refractivity contribution in [2.75, 3.05) is 5.73 Å². The van der Waals surface area contributed by atoms with Crippen LogP contribution in [0.1, 0.15) is 48.3 Å². The van der Waals surface area contributed by atoms with Crippen molar-refractivity contribution >= 4 is 29.0 Å². The van der Waals surface area contributed by atoms with Gasteiger partial charge in [0.05, 0.1) is 0 Å². The quantitative estimate of drug-likeness (QED) is 0.494. The maximum atomic E-state index is 12.6. The number of hydrogen-bond donors (Lipinski definition) is 2. The second-order valence-corrected chi connectivity index (χ2v) is 7.07. The Balaban J connectivity index is 2.34. The summed E-state index contributed by atoms with van der Waals surface area (Å²) in [6.45, 7) is 5.24. The zero-order chi connectivity index (χ0) is 18.8. The van der Waals surface area contributed by atoms with Crippen molar-refractivity contribution in [1.82, 2.24) is 0 Å². The Morgan fingerprint density at radius 3 is 2.28 bits per heavy atom. The molecule has 0 spiro atoms. The summed E-state index contributed by atoms with van der Waals surface area (Å²) in [6, 6.07) is 10.5. The van der Waals surface area contributed by atoms with Crippen molar-refractivity contribution in [3.05, 3.63) is 64.2 Å². The van der Waals surface area contributed by atoms with Crippen molar-refractivity contribution in [1.29, 1.82) is 0 Å². The molecule has 0 heterocycles. The van der Waals surface area contributed by atoms with E-state index in [4.69, 9.17) is 27.8 Å². The molecule has 0 aliphatic rings. The minimum Gasteiger partial charge on any atom is -0.459 e. The molecular formula is C19H21ClN2O3. The van der Waals surface area contributed by atoms with Crippen LogP contribution < -0.4 is 11.5 Å². The molecule has 0 aliphatic carbocycles. The lowest BCUT2D eigenvalue weighted by Gasteiger charge is -2.23. The minimum atomic E-state index is -1.09. The van der Waals surface area contributed by atoms with E-state index in [2.05, 4.69) is 0 Å². The Hall–Kier alpha value is -2.37. The Morgan fingerprint density at radius 2 is 1.72 bits per heavy atom. The van der Waals surface area contributed by atoms with Gasteiger partial charge in [0.1, 0.15) is 11.6 Å². The molecule has 2 rings (SSSR count). The molecule has 0 saturated carbocycles. The van der Waals surface area contributed by atoms with Crippen LogP contribution in [0.3, 0.4) is 0 Å². The summed E-state index contributed by atoms with van der Waals surface area (Å²) < 4.78 is 5.27. The second kappa shape index (κ2) is 7.25. The number of carbonyl (C=O) groups excluding carboxylic acids is 2. The number of halogens is 1. The monoisotopic (exact) mass is 360 g/mol. The fraction of sp³-hybridized carbons (Fsp3) is 0.263. The highest BCUT2D eigenvalue weighted by Crippen LogP contribution is 2.30. The van der Waals surface area contributed by atoms with Gasteiger partial charge < -0.3 is 16.2 Å². The van der Waals surface area contributed by atoms with E-state index in [-0.39, 0.29) is 22.1 Å². The number of nitrogen functional groups attached to an aromatic ring is 1. The van der Waals surface area contributed by atoms with Gasteiger partial charge in [-0.25, -0.2) is 4.79 Å². The van der Waals surface area contributed by atoms with Crippen LogP contribution in [0.4, 0.5) is 5.69 Å². The number of benzene rings is 2. The van der Waals surface area contributed by atoms with E-state index in [9.17, 15) is 9.59 Å². The lowest BCUT2D eigenvalue weighted by Crippen LogP contribution is -2.31. The van der Waals surface area contributed by atoms with Gasteiger partial charge in [-0.2, -0.15) is 0 Å². The smallest absolute Gasteiger partial charge is 0.328 e. The van der Waals surface area contributed by atoms with Crippen molar-refractivity contribution in [2.45, 2.75) is 32.4 Å². The molecule has 132 valence electrons. The van der Waals surface area contributed by atoms with E-state index >= 15 is 0 Å². The number of esters is 1. The van der Waals surface area contributed by atoms with E-state index in [1.165, 1.54) is 12.1 Å². The first kappa shape index (κ1) is 19.0. The molecule has 25 heavy (non-hydrogen) atoms. The van der Waals surface area contributed by atoms with E-state index in [1.807, 2.05) is 6.07 Å². The Bertz CT molecular complexity index is 798. The number of hydrogen-bond acceptors (Lipinski definition) is 5. The number of anilines is 1. The normalized spacial score (nSPS) is 12.5. The minimum absolute atomic E-state index is 0.187. The summed E-state index contributed by atoms with van der Waals surface area (Å²) in [5, 5.41) is 0.187. The first-order valence-electron chi connectivity index (χ1n) is 7.77. The second-order valence-electron chi connectivity index (χ2n) is 6.67. The summed E-state index contributed by atoms with van der Waals surface area (Å²) in [6.07, 6.45) is 0. The van der Waals surface area contributed by atoms with Crippen molar-refractivity contribution in [3.8, 4) is 0 Å². The van der Waals surface area contributed by atoms with E-state index in [0.29, 0.717) is 11.1 Å². The van der Waals surface area contributed by atoms with Gasteiger partial charge in [0.25, 0.3) is 0 Å². The topological polar surface area (TPSA) is 95.4 Å². The molecule has 4 N–H and O–H groups in total. The van der Waals surface area contributed by atoms with Gasteiger partial charge in [0.15, 0.2) is 5.78 Å². The summed E-state index contributed by atoms with van der Waals surface area (Å²) in [5.74, 6) is -0.867. The SMILES string of the molecule is CC(C)(C)OC(=O)C(N)c1cc(N)c(C(=O)c2ccccc2)cc1Cl. The highest BCUT2D eigenvalue weighted by Gasteiger charge is 2.26. The van der Waals surface area contributed by atoms with Crippen LogP contribution >= 0.6 is 11.6 Å². The molecule has 2 aromatic rings. The van der Waals surface area contributed by atoms with Crippen LogP contribution in [-0.2, 0) is 9.53 Å². The van der Waals surface area contributed by atoms with Crippen molar-refractivity contribution in [3.63, 3.8) is 0 Å². The van der Waals surface area contributed by atoms with Crippen molar-refractivity contribution < 1.29 is 14.3 Å². The van der Waals surface area contributed by atoms with Crippen LogP contribution in [0.15, 0.2) is 42.5 Å². The van der Waals surface area contributed by atoms with Crippen LogP contribution in [0.5, 0.6) is 0 Å². The molecule has 0 aliphatic heterocycles. The predicted molar refractivity (Wildman–Crippen MR) is 98.5 cm³/mol. The number of ketones is 1. The molecule has 5 nitrogen and oxygen atoms in total. The molecule has 0 amide bonds. The molecule has 6 heteroatoms. The van der Waals surface area contributed by atoms with Gasteiger partial charge in [-0.3, -0.25) is 4.79 Å². The van der Waals surface area contributed by atoms with E-state index in [1.54, 1.807) is 45.0 Å². The summed E-state index contributed by atoms with van der Waals surface area (Å²) in [4.78, 5) is 24.7. The average molecular weight is 361 g/mol. The standard InChI is InChI=1S/C19H21ClN2O3/c1-19(2,3)25-18(24)16(22)12-10-15(21)13(9-14(12)20)17(23)11-7-5-4-6-8-11/h4-10,16H,21-22H2,1-3H3. The van der Waals surface area contributed by atoms with Crippen LogP contribution in [0.25, 0.3) is 0 Å². The lowest BCUT2D eigenvalue weighted by molar-refractivity contribution is -0.156. The third-order valence-corrected chi connectivity index (χ3v) is 3.77. The zero-order valence-electron chi connectivity index (χ0n) is 14.4. The summed E-state index contributed by atoms with van der Waals surface area (Å²) in [7, 11) is 0. The average Bonchev–Trinajstić information content (AvgIpc) is 2.54. The number of nitrogens with two attached hydrogens (primary N) is 2. The van der Waals surface area contributed by atoms with Gasteiger partial charge in [0, 0.05) is 27.4 Å². The van der Waals surface area contributed by atoms with E-state index in [0.717, 1.165) is 0 Å². The van der Waals surface area contributed by atoms with Gasteiger partial charge >= 0.3 is 5.97 Å². The molecule has 2 aromatic carbocycles. The van der Waals surface area contributed by atoms with E-state index < -0.39 is 17.6 Å². The Kier molecular flexibility index (Phi) is 5.50. The molecule has 1 atom stereocenters. The largest absolute Gasteiger partial charge is 0.459 e. The molecule has 0 bridgehead atoms. The van der Waals surface area contributed by atoms with Gasteiger partial charge in [0.2, 0.25) is 0 Å². The van der Waals surface area contributed by atoms with Crippen LogP contribution in [-0.4, -0.2) is 17.4 Å². The highest BCUT2D eigenvalue weighted by molar-refractivity contribution is 6.32. The third-order valence-electron chi connectivity index (χ3n) is 3.45. The third kappa shape index (κ3) is 4.59.